The van der Waals surface area contributed by atoms with E-state index >= 15 is 0 Å². The van der Waals surface area contributed by atoms with Crippen molar-refractivity contribution in [3.8, 4) is 11.1 Å². The van der Waals surface area contributed by atoms with Crippen molar-refractivity contribution in [1.82, 2.24) is 4.57 Å². The summed E-state index contributed by atoms with van der Waals surface area (Å²) in [5.74, 6) is -0.307. The number of nitrogens with two attached hydrogens (primary N) is 1. The molecular formula is C19H25FN2O. The van der Waals surface area contributed by atoms with Crippen molar-refractivity contribution >= 4 is 5.91 Å². The van der Waals surface area contributed by atoms with Gasteiger partial charge in [0.1, 0.15) is 5.82 Å². The summed E-state index contributed by atoms with van der Waals surface area (Å²) in [6.07, 6.45) is 0.776. The Hall–Kier alpha value is -2.10. The molecule has 1 aromatic carbocycles. The van der Waals surface area contributed by atoms with Gasteiger partial charge in [-0.15, -0.1) is 0 Å². The van der Waals surface area contributed by atoms with Crippen LogP contribution >= 0.6 is 0 Å². The Balaban J connectivity index is 2.81. The van der Waals surface area contributed by atoms with Gasteiger partial charge in [-0.1, -0.05) is 32.9 Å². The molecule has 1 amide bonds. The van der Waals surface area contributed by atoms with Gasteiger partial charge in [-0.05, 0) is 43.9 Å². The maximum Gasteiger partial charge on any atom is 0.251 e. The number of nitrogens with zero attached hydrogens (tertiary/aromatic N) is 1. The number of benzene rings is 1. The molecule has 1 aromatic heterocycles. The van der Waals surface area contributed by atoms with Crippen molar-refractivity contribution in [2.45, 2.75) is 47.1 Å². The van der Waals surface area contributed by atoms with Gasteiger partial charge in [-0.2, -0.15) is 0 Å². The first-order valence-electron chi connectivity index (χ1n) is 8.08. The van der Waals surface area contributed by atoms with Crippen LogP contribution in [0.4, 0.5) is 4.39 Å². The highest BCUT2D eigenvalue weighted by Gasteiger charge is 2.26. The Bertz CT molecular complexity index is 714. The molecule has 0 bridgehead atoms. The molecule has 1 heterocycles. The molecule has 0 saturated carbocycles. The average molecular weight is 316 g/mol. The van der Waals surface area contributed by atoms with Crippen LogP contribution in [0.25, 0.3) is 11.1 Å². The summed E-state index contributed by atoms with van der Waals surface area (Å²) in [6, 6.07) is 6.49. The molecule has 23 heavy (non-hydrogen) atoms. The van der Waals surface area contributed by atoms with E-state index in [0.29, 0.717) is 11.5 Å². The molecule has 1 atom stereocenters. The van der Waals surface area contributed by atoms with Crippen molar-refractivity contribution < 1.29 is 9.18 Å². The predicted molar refractivity (Wildman–Crippen MR) is 92.0 cm³/mol. The number of hydrogen-bond donors (Lipinski definition) is 1. The third-order valence-electron chi connectivity index (χ3n) is 4.64. The normalized spacial score (nSPS) is 12.7. The molecule has 0 radical (unpaired) electrons. The topological polar surface area (TPSA) is 48.0 Å². The Morgan fingerprint density at radius 2 is 1.78 bits per heavy atom. The van der Waals surface area contributed by atoms with E-state index in [1.807, 2.05) is 6.92 Å². The zero-order valence-electron chi connectivity index (χ0n) is 14.5. The Kier molecular flexibility index (Phi) is 4.93. The molecule has 0 aliphatic carbocycles. The van der Waals surface area contributed by atoms with Crippen LogP contribution in [0.2, 0.25) is 0 Å². The number of rotatable bonds is 5. The molecule has 4 heteroatoms. The summed E-state index contributed by atoms with van der Waals surface area (Å²) in [5, 5.41) is 0. The number of hydrogen-bond acceptors (Lipinski definition) is 1. The van der Waals surface area contributed by atoms with Gasteiger partial charge < -0.3 is 10.3 Å². The molecule has 0 saturated heterocycles. The number of amides is 1. The Morgan fingerprint density at radius 3 is 2.22 bits per heavy atom. The number of halogens is 1. The maximum atomic E-state index is 13.3. The summed E-state index contributed by atoms with van der Waals surface area (Å²) in [4.78, 5) is 12.1. The standard InChI is InChI=1S/C19H25FN2O/c1-6-16-18(14-7-9-15(20)10-8-14)17(19(21)23)13(5)22(16)12(4)11(2)3/h7-12H,6H2,1-5H3,(H2,21,23). The van der Waals surface area contributed by atoms with Gasteiger partial charge in [0.15, 0.2) is 0 Å². The molecule has 3 nitrogen and oxygen atoms in total. The van der Waals surface area contributed by atoms with Gasteiger partial charge in [0.05, 0.1) is 5.56 Å². The fourth-order valence-corrected chi connectivity index (χ4v) is 3.19. The van der Waals surface area contributed by atoms with E-state index in [2.05, 4.69) is 32.3 Å². The van der Waals surface area contributed by atoms with Crippen molar-refractivity contribution in [3.05, 3.63) is 47.0 Å². The summed E-state index contributed by atoms with van der Waals surface area (Å²) in [7, 11) is 0. The van der Waals surface area contributed by atoms with Crippen LogP contribution in [0.1, 0.15) is 55.5 Å². The Labute approximate surface area is 137 Å². The largest absolute Gasteiger partial charge is 0.366 e. The smallest absolute Gasteiger partial charge is 0.251 e. The quantitative estimate of drug-likeness (QED) is 0.868. The van der Waals surface area contributed by atoms with Gasteiger partial charge in [-0.25, -0.2) is 4.39 Å². The second kappa shape index (κ2) is 6.57. The van der Waals surface area contributed by atoms with E-state index < -0.39 is 5.91 Å². The molecule has 0 fully saturated rings. The molecule has 0 spiro atoms. The van der Waals surface area contributed by atoms with E-state index in [-0.39, 0.29) is 11.9 Å². The van der Waals surface area contributed by atoms with Crippen molar-refractivity contribution in [2.24, 2.45) is 11.7 Å². The van der Waals surface area contributed by atoms with Crippen molar-refractivity contribution in [1.29, 1.82) is 0 Å². The molecule has 0 aliphatic rings. The van der Waals surface area contributed by atoms with Crippen molar-refractivity contribution in [2.75, 3.05) is 0 Å². The van der Waals surface area contributed by atoms with Crippen LogP contribution < -0.4 is 5.73 Å². The third-order valence-corrected chi connectivity index (χ3v) is 4.64. The lowest BCUT2D eigenvalue weighted by molar-refractivity contribution is 0.1000. The SMILES string of the molecule is CCc1c(-c2ccc(F)cc2)c(C(N)=O)c(C)n1C(C)C(C)C. The highest BCUT2D eigenvalue weighted by molar-refractivity contribution is 6.02. The zero-order valence-corrected chi connectivity index (χ0v) is 14.5. The zero-order chi connectivity index (χ0) is 17.3. The third kappa shape index (κ3) is 3.03. The summed E-state index contributed by atoms with van der Waals surface area (Å²) < 4.78 is 15.5. The monoisotopic (exact) mass is 316 g/mol. The van der Waals surface area contributed by atoms with E-state index in [9.17, 15) is 9.18 Å². The summed E-state index contributed by atoms with van der Waals surface area (Å²) in [5.41, 5.74) is 9.84. The molecule has 2 rings (SSSR count). The van der Waals surface area contributed by atoms with Gasteiger partial charge in [-0.3, -0.25) is 4.79 Å². The fraction of sp³-hybridized carbons (Fsp3) is 0.421. The second-order valence-electron chi connectivity index (χ2n) is 6.36. The highest BCUT2D eigenvalue weighted by atomic mass is 19.1. The molecule has 2 N–H and O–H groups in total. The minimum absolute atomic E-state index is 0.247. The van der Waals surface area contributed by atoms with Crippen molar-refractivity contribution in [3.63, 3.8) is 0 Å². The summed E-state index contributed by atoms with van der Waals surface area (Å²) in [6.45, 7) is 10.5. The second-order valence-corrected chi connectivity index (χ2v) is 6.36. The molecule has 0 aliphatic heterocycles. The lowest BCUT2D eigenvalue weighted by Gasteiger charge is -2.23. The van der Waals surface area contributed by atoms with Gasteiger partial charge >= 0.3 is 0 Å². The van der Waals surface area contributed by atoms with E-state index in [1.54, 1.807) is 12.1 Å². The Morgan fingerprint density at radius 1 is 1.22 bits per heavy atom. The first-order valence-corrected chi connectivity index (χ1v) is 8.08. The van der Waals surface area contributed by atoms with E-state index in [1.165, 1.54) is 12.1 Å². The van der Waals surface area contributed by atoms with Crippen LogP contribution in [-0.2, 0) is 6.42 Å². The number of primary amides is 1. The van der Waals surface area contributed by atoms with Crippen LogP contribution in [0.3, 0.4) is 0 Å². The first kappa shape index (κ1) is 17.3. The number of carbonyl (C=O) groups excluding carboxylic acids is 1. The fourth-order valence-electron chi connectivity index (χ4n) is 3.19. The van der Waals surface area contributed by atoms with Crippen LogP contribution in [0.5, 0.6) is 0 Å². The number of aromatic nitrogens is 1. The highest BCUT2D eigenvalue weighted by Crippen LogP contribution is 2.36. The van der Waals surface area contributed by atoms with Crippen LogP contribution in [0.15, 0.2) is 24.3 Å². The number of carbonyl (C=O) groups is 1. The first-order chi connectivity index (χ1) is 10.8. The maximum absolute atomic E-state index is 13.3. The molecule has 2 aromatic rings. The lowest BCUT2D eigenvalue weighted by Crippen LogP contribution is -2.17. The van der Waals surface area contributed by atoms with Gasteiger partial charge in [0, 0.05) is 23.0 Å². The minimum Gasteiger partial charge on any atom is -0.366 e. The molecule has 1 unspecified atom stereocenters. The average Bonchev–Trinajstić information content (AvgIpc) is 2.79. The minimum atomic E-state index is -0.439. The molecule has 124 valence electrons. The van der Waals surface area contributed by atoms with Gasteiger partial charge in [0.25, 0.3) is 5.91 Å². The van der Waals surface area contributed by atoms with E-state index in [4.69, 9.17) is 5.73 Å². The molecular weight excluding hydrogens is 291 g/mol. The summed E-state index contributed by atoms with van der Waals surface area (Å²) >= 11 is 0. The predicted octanol–water partition coefficient (Wildman–Crippen LogP) is 4.48. The lowest BCUT2D eigenvalue weighted by atomic mass is 9.98. The van der Waals surface area contributed by atoms with E-state index in [0.717, 1.165) is 28.9 Å². The van der Waals surface area contributed by atoms with Gasteiger partial charge in [0.2, 0.25) is 0 Å². The van der Waals surface area contributed by atoms with Crippen LogP contribution in [-0.4, -0.2) is 10.5 Å². The van der Waals surface area contributed by atoms with Crippen LogP contribution in [0, 0.1) is 18.7 Å².